The summed E-state index contributed by atoms with van der Waals surface area (Å²) in [6.07, 6.45) is -0.0867. The van der Waals surface area contributed by atoms with Gasteiger partial charge in [0.1, 0.15) is 18.1 Å². The summed E-state index contributed by atoms with van der Waals surface area (Å²) in [6, 6.07) is -5.07. The molecule has 5 atom stereocenters. The first kappa shape index (κ1) is 32.7. The Kier molecular flexibility index (Phi) is 15.7. The molecule has 10 N–H and O–H groups in total. The van der Waals surface area contributed by atoms with Crippen molar-refractivity contribution in [2.75, 3.05) is 6.54 Å². The van der Waals surface area contributed by atoms with E-state index < -0.39 is 72.6 Å². The molecule has 0 spiro atoms. The van der Waals surface area contributed by atoms with E-state index in [2.05, 4.69) is 16.0 Å². The molecule has 0 saturated carbocycles. The maximum atomic E-state index is 12.9. The van der Waals surface area contributed by atoms with Gasteiger partial charge >= 0.3 is 17.9 Å². The van der Waals surface area contributed by atoms with Gasteiger partial charge in [-0.1, -0.05) is 20.3 Å². The number of unbranched alkanes of at least 4 members (excludes halogenated alkanes) is 1. The molecule has 0 aliphatic rings. The minimum atomic E-state index is -1.45. The summed E-state index contributed by atoms with van der Waals surface area (Å²) in [6.45, 7) is 3.88. The van der Waals surface area contributed by atoms with Crippen LogP contribution in [0.2, 0.25) is 0 Å². The second-order valence-corrected chi connectivity index (χ2v) is 8.58. The highest BCUT2D eigenvalue weighted by Crippen LogP contribution is 2.09. The summed E-state index contributed by atoms with van der Waals surface area (Å²) >= 11 is 0. The molecule has 3 amide bonds. The fourth-order valence-electron chi connectivity index (χ4n) is 3.15. The van der Waals surface area contributed by atoms with Crippen molar-refractivity contribution in [3.63, 3.8) is 0 Å². The summed E-state index contributed by atoms with van der Waals surface area (Å²) in [5.74, 6) is -6.56. The lowest BCUT2D eigenvalue weighted by molar-refractivity contribution is -0.143. The van der Waals surface area contributed by atoms with E-state index >= 15 is 0 Å². The van der Waals surface area contributed by atoms with E-state index in [0.29, 0.717) is 25.8 Å². The van der Waals surface area contributed by atoms with Gasteiger partial charge in [0, 0.05) is 12.8 Å². The molecular formula is C22H39N5O9. The minimum Gasteiger partial charge on any atom is -0.481 e. The van der Waals surface area contributed by atoms with Gasteiger partial charge in [0.25, 0.3) is 0 Å². The first-order chi connectivity index (χ1) is 16.8. The monoisotopic (exact) mass is 517 g/mol. The molecule has 0 aromatic rings. The lowest BCUT2D eigenvalue weighted by Crippen LogP contribution is -2.57. The molecule has 0 fully saturated rings. The van der Waals surface area contributed by atoms with Crippen molar-refractivity contribution in [1.29, 1.82) is 0 Å². The SMILES string of the molecule is CCC(C)C(N)C(=O)NC(CCC(=O)O)C(=O)NC(CCC(=O)O)C(=O)NC(CCCCN)C(=O)O. The molecule has 0 aromatic carbocycles. The zero-order valence-corrected chi connectivity index (χ0v) is 20.7. The molecule has 14 heteroatoms. The Hall–Kier alpha value is -3.26. The second kappa shape index (κ2) is 17.2. The number of hydrogen-bond acceptors (Lipinski definition) is 8. The van der Waals surface area contributed by atoms with Crippen LogP contribution in [0.25, 0.3) is 0 Å². The highest BCUT2D eigenvalue weighted by atomic mass is 16.4. The number of carboxylic acid groups (broad SMARTS) is 3. The van der Waals surface area contributed by atoms with Crippen LogP contribution in [-0.2, 0) is 28.8 Å². The zero-order valence-electron chi connectivity index (χ0n) is 20.7. The van der Waals surface area contributed by atoms with Gasteiger partial charge < -0.3 is 42.7 Å². The van der Waals surface area contributed by atoms with Crippen LogP contribution in [0.4, 0.5) is 0 Å². The zero-order chi connectivity index (χ0) is 27.8. The molecule has 0 aliphatic heterocycles. The van der Waals surface area contributed by atoms with E-state index in [1.54, 1.807) is 6.92 Å². The average Bonchev–Trinajstić information content (AvgIpc) is 2.81. The van der Waals surface area contributed by atoms with Crippen molar-refractivity contribution < 1.29 is 44.1 Å². The number of rotatable bonds is 19. The molecule has 0 heterocycles. The molecule has 36 heavy (non-hydrogen) atoms. The van der Waals surface area contributed by atoms with E-state index in [1.165, 1.54) is 0 Å². The standard InChI is InChI=1S/C22H39N5O9/c1-3-12(2)18(24)21(34)26-14(8-10-17(30)31)19(32)25-13(7-9-16(28)29)20(33)27-15(22(35)36)6-4-5-11-23/h12-15,18H,3-11,23-24H2,1-2H3,(H,25,32)(H,26,34)(H,27,33)(H,28,29)(H,30,31)(H,35,36). The average molecular weight is 518 g/mol. The van der Waals surface area contributed by atoms with Crippen LogP contribution in [0.3, 0.4) is 0 Å². The predicted octanol–water partition coefficient (Wildman–Crippen LogP) is -1.24. The summed E-state index contributed by atoms with van der Waals surface area (Å²) in [7, 11) is 0. The Bertz CT molecular complexity index is 777. The number of nitrogens with two attached hydrogens (primary N) is 2. The first-order valence-corrected chi connectivity index (χ1v) is 11.9. The van der Waals surface area contributed by atoms with Gasteiger partial charge in [-0.2, -0.15) is 0 Å². The Labute approximate surface area is 209 Å². The molecule has 0 saturated heterocycles. The first-order valence-electron chi connectivity index (χ1n) is 11.9. The van der Waals surface area contributed by atoms with Crippen molar-refractivity contribution in [1.82, 2.24) is 16.0 Å². The van der Waals surface area contributed by atoms with E-state index in [-0.39, 0.29) is 25.2 Å². The lowest BCUT2D eigenvalue weighted by atomic mass is 9.98. The normalized spacial score (nSPS) is 15.0. The van der Waals surface area contributed by atoms with Crippen LogP contribution in [-0.4, -0.2) is 81.7 Å². The number of aliphatic carboxylic acids is 3. The lowest BCUT2D eigenvalue weighted by Gasteiger charge is -2.26. The number of carbonyl (C=O) groups is 6. The number of hydrogen-bond donors (Lipinski definition) is 8. The van der Waals surface area contributed by atoms with Gasteiger partial charge in [-0.25, -0.2) is 4.79 Å². The molecule has 0 aromatic heterocycles. The van der Waals surface area contributed by atoms with Crippen LogP contribution in [0.15, 0.2) is 0 Å². The molecule has 14 nitrogen and oxygen atoms in total. The molecular weight excluding hydrogens is 478 g/mol. The van der Waals surface area contributed by atoms with Crippen LogP contribution in [0.1, 0.15) is 65.2 Å². The van der Waals surface area contributed by atoms with Crippen molar-refractivity contribution >= 4 is 35.6 Å². The van der Waals surface area contributed by atoms with Gasteiger partial charge in [-0.05, 0) is 44.6 Å². The number of nitrogens with one attached hydrogen (secondary N) is 3. The van der Waals surface area contributed by atoms with Crippen LogP contribution < -0.4 is 27.4 Å². The van der Waals surface area contributed by atoms with E-state index in [1.807, 2.05) is 6.92 Å². The quantitative estimate of drug-likeness (QED) is 0.0940. The Morgan fingerprint density at radius 1 is 0.722 bits per heavy atom. The highest BCUT2D eigenvalue weighted by molar-refractivity contribution is 5.94. The van der Waals surface area contributed by atoms with E-state index in [9.17, 15) is 33.9 Å². The van der Waals surface area contributed by atoms with Crippen LogP contribution >= 0.6 is 0 Å². The smallest absolute Gasteiger partial charge is 0.326 e. The fraction of sp³-hybridized carbons (Fsp3) is 0.727. The third-order valence-corrected chi connectivity index (χ3v) is 5.68. The third kappa shape index (κ3) is 13.0. The van der Waals surface area contributed by atoms with Gasteiger partial charge in [0.15, 0.2) is 0 Å². The largest absolute Gasteiger partial charge is 0.481 e. The van der Waals surface area contributed by atoms with Gasteiger partial charge in [0.2, 0.25) is 17.7 Å². The fourth-order valence-corrected chi connectivity index (χ4v) is 3.15. The molecule has 5 unspecified atom stereocenters. The second-order valence-electron chi connectivity index (χ2n) is 8.58. The van der Waals surface area contributed by atoms with Gasteiger partial charge in [-0.3, -0.25) is 24.0 Å². The van der Waals surface area contributed by atoms with Crippen molar-refractivity contribution in [2.24, 2.45) is 17.4 Å². The van der Waals surface area contributed by atoms with Gasteiger partial charge in [-0.15, -0.1) is 0 Å². The number of carbonyl (C=O) groups excluding carboxylic acids is 3. The Morgan fingerprint density at radius 2 is 1.17 bits per heavy atom. The predicted molar refractivity (Wildman–Crippen MR) is 128 cm³/mol. The number of carboxylic acids is 3. The maximum absolute atomic E-state index is 12.9. The van der Waals surface area contributed by atoms with Crippen LogP contribution in [0.5, 0.6) is 0 Å². The molecule has 0 rings (SSSR count). The van der Waals surface area contributed by atoms with E-state index in [4.69, 9.17) is 21.7 Å². The summed E-state index contributed by atoms with van der Waals surface area (Å²) in [5.41, 5.74) is 11.3. The summed E-state index contributed by atoms with van der Waals surface area (Å²) in [5, 5.41) is 34.4. The van der Waals surface area contributed by atoms with E-state index in [0.717, 1.165) is 0 Å². The molecule has 0 radical (unpaired) electrons. The number of amides is 3. The summed E-state index contributed by atoms with van der Waals surface area (Å²) in [4.78, 5) is 71.8. The van der Waals surface area contributed by atoms with Crippen molar-refractivity contribution in [3.05, 3.63) is 0 Å². The van der Waals surface area contributed by atoms with Crippen molar-refractivity contribution in [3.8, 4) is 0 Å². The Morgan fingerprint density at radius 3 is 1.56 bits per heavy atom. The molecule has 206 valence electrons. The van der Waals surface area contributed by atoms with Gasteiger partial charge in [0.05, 0.1) is 6.04 Å². The molecule has 0 bridgehead atoms. The highest BCUT2D eigenvalue weighted by Gasteiger charge is 2.31. The molecule has 0 aliphatic carbocycles. The third-order valence-electron chi connectivity index (χ3n) is 5.68. The summed E-state index contributed by atoms with van der Waals surface area (Å²) < 4.78 is 0. The van der Waals surface area contributed by atoms with Crippen LogP contribution in [0, 0.1) is 5.92 Å². The maximum Gasteiger partial charge on any atom is 0.326 e. The Balaban J connectivity index is 5.63. The van der Waals surface area contributed by atoms with Crippen molar-refractivity contribution in [2.45, 2.75) is 89.4 Å². The topological polar surface area (TPSA) is 251 Å². The minimum absolute atomic E-state index is 0.0721.